The van der Waals surface area contributed by atoms with E-state index in [2.05, 4.69) is 44.1 Å². The van der Waals surface area contributed by atoms with Gasteiger partial charge in [-0.15, -0.1) is 0 Å². The van der Waals surface area contributed by atoms with Gasteiger partial charge < -0.3 is 10.1 Å². The summed E-state index contributed by atoms with van der Waals surface area (Å²) < 4.78 is 1.00. The molecule has 0 bridgehead atoms. The molecule has 0 aliphatic rings. The fourth-order valence-electron chi connectivity index (χ4n) is 3.14. The Kier molecular flexibility index (Phi) is 4.31. The van der Waals surface area contributed by atoms with Crippen molar-refractivity contribution >= 4 is 32.8 Å². The van der Waals surface area contributed by atoms with Crippen LogP contribution in [0.1, 0.15) is 21.7 Å². The molecule has 4 nitrogen and oxygen atoms in total. The van der Waals surface area contributed by atoms with E-state index in [4.69, 9.17) is 0 Å². The minimum atomic E-state index is -1.02. The Bertz CT molecular complexity index is 1100. The van der Waals surface area contributed by atoms with Gasteiger partial charge in [-0.3, -0.25) is 0 Å². The Morgan fingerprint density at radius 3 is 2.62 bits per heavy atom. The van der Waals surface area contributed by atoms with E-state index in [1.54, 1.807) is 6.07 Å². The highest BCUT2D eigenvalue weighted by molar-refractivity contribution is 9.10. The number of nitrogens with zero attached hydrogens (tertiary/aromatic N) is 1. The zero-order valence-corrected chi connectivity index (χ0v) is 15.3. The maximum atomic E-state index is 11.2. The van der Waals surface area contributed by atoms with Crippen molar-refractivity contribution in [1.29, 1.82) is 0 Å². The Balaban J connectivity index is 1.87. The number of hydrogen-bond acceptors (Lipinski definition) is 2. The topological polar surface area (TPSA) is 66.0 Å². The number of halogens is 1. The average molecular weight is 407 g/mol. The van der Waals surface area contributed by atoms with Gasteiger partial charge in [-0.05, 0) is 35.4 Å². The summed E-state index contributed by atoms with van der Waals surface area (Å²) in [4.78, 5) is 19.0. The predicted octanol–water partition coefficient (Wildman–Crippen LogP) is 5.28. The highest BCUT2D eigenvalue weighted by Gasteiger charge is 2.15. The number of rotatable bonds is 4. The molecule has 26 heavy (non-hydrogen) atoms. The summed E-state index contributed by atoms with van der Waals surface area (Å²) in [6.07, 6.45) is 0.549. The van der Waals surface area contributed by atoms with Gasteiger partial charge in [0.15, 0.2) is 0 Å². The van der Waals surface area contributed by atoms with E-state index in [9.17, 15) is 9.90 Å². The Hall–Kier alpha value is -2.92. The molecule has 0 aliphatic carbocycles. The Labute approximate surface area is 158 Å². The summed E-state index contributed by atoms with van der Waals surface area (Å²) in [6.45, 7) is 0. The van der Waals surface area contributed by atoms with Crippen LogP contribution in [0.4, 0.5) is 0 Å². The van der Waals surface area contributed by atoms with Crippen molar-refractivity contribution in [3.63, 3.8) is 0 Å². The van der Waals surface area contributed by atoms with Crippen LogP contribution in [0.15, 0.2) is 71.2 Å². The summed E-state index contributed by atoms with van der Waals surface area (Å²) in [6, 6.07) is 21.3. The second kappa shape index (κ2) is 6.77. The lowest BCUT2D eigenvalue weighted by molar-refractivity contribution is 0.0690. The molecule has 0 aliphatic heterocycles. The minimum Gasteiger partial charge on any atom is -0.477 e. The number of nitrogens with one attached hydrogen (secondary N) is 1. The molecule has 4 aromatic rings. The van der Waals surface area contributed by atoms with Crippen LogP contribution in [0.2, 0.25) is 0 Å². The van der Waals surface area contributed by atoms with Crippen molar-refractivity contribution < 1.29 is 9.90 Å². The van der Waals surface area contributed by atoms with Crippen molar-refractivity contribution in [2.45, 2.75) is 6.42 Å². The second-order valence-electron chi connectivity index (χ2n) is 6.03. The van der Waals surface area contributed by atoms with Crippen LogP contribution >= 0.6 is 15.9 Å². The molecular formula is C21H15BrN2O2. The highest BCUT2D eigenvalue weighted by atomic mass is 79.9. The number of benzene rings is 2. The summed E-state index contributed by atoms with van der Waals surface area (Å²) in [5.41, 5.74) is 5.04. The lowest BCUT2D eigenvalue weighted by Crippen LogP contribution is -2.03. The number of carboxylic acid groups (broad SMARTS) is 1. The van der Waals surface area contributed by atoms with E-state index in [1.807, 2.05) is 36.4 Å². The monoisotopic (exact) mass is 406 g/mol. The van der Waals surface area contributed by atoms with E-state index in [0.717, 1.165) is 37.9 Å². The van der Waals surface area contributed by atoms with Crippen molar-refractivity contribution in [2.24, 2.45) is 0 Å². The number of hydrogen-bond donors (Lipinski definition) is 2. The standard InChI is InChI=1S/C21H15BrN2O2/c22-14-9-10-16-17(12-15-7-4-8-18(23-15)21(25)26)20(24-19(16)11-14)13-5-2-1-3-6-13/h1-11,24H,12H2,(H,25,26). The first-order valence-electron chi connectivity index (χ1n) is 8.16. The van der Waals surface area contributed by atoms with Crippen LogP contribution in [0.25, 0.3) is 22.2 Å². The molecule has 0 unspecified atom stereocenters. The molecule has 4 rings (SSSR count). The maximum Gasteiger partial charge on any atom is 0.354 e. The van der Waals surface area contributed by atoms with Gasteiger partial charge in [-0.1, -0.05) is 58.4 Å². The van der Waals surface area contributed by atoms with Crippen molar-refractivity contribution in [1.82, 2.24) is 9.97 Å². The fourth-order valence-corrected chi connectivity index (χ4v) is 3.50. The van der Waals surface area contributed by atoms with Crippen LogP contribution in [0.3, 0.4) is 0 Å². The molecular weight excluding hydrogens is 392 g/mol. The molecule has 0 fully saturated rings. The number of aromatic amines is 1. The zero-order valence-electron chi connectivity index (χ0n) is 13.7. The number of aromatic nitrogens is 2. The van der Waals surface area contributed by atoms with E-state index in [1.165, 1.54) is 6.07 Å². The molecule has 0 saturated heterocycles. The molecule has 2 N–H and O–H groups in total. The van der Waals surface area contributed by atoms with Crippen LogP contribution in [0.5, 0.6) is 0 Å². The molecule has 0 saturated carbocycles. The highest BCUT2D eigenvalue weighted by Crippen LogP contribution is 2.33. The Morgan fingerprint density at radius 1 is 1.04 bits per heavy atom. The molecule has 2 aromatic heterocycles. The molecule has 0 spiro atoms. The van der Waals surface area contributed by atoms with E-state index >= 15 is 0 Å². The van der Waals surface area contributed by atoms with Gasteiger partial charge in [0.2, 0.25) is 0 Å². The number of carbonyl (C=O) groups is 1. The summed E-state index contributed by atoms with van der Waals surface area (Å²) in [7, 11) is 0. The second-order valence-corrected chi connectivity index (χ2v) is 6.95. The predicted molar refractivity (Wildman–Crippen MR) is 105 cm³/mol. The number of aromatic carboxylic acids is 1. The molecule has 0 amide bonds. The van der Waals surface area contributed by atoms with Gasteiger partial charge in [0.25, 0.3) is 0 Å². The van der Waals surface area contributed by atoms with Crippen molar-refractivity contribution in [2.75, 3.05) is 0 Å². The van der Waals surface area contributed by atoms with Crippen molar-refractivity contribution in [3.8, 4) is 11.3 Å². The van der Waals surface area contributed by atoms with Gasteiger partial charge in [-0.25, -0.2) is 9.78 Å². The van der Waals surface area contributed by atoms with Crippen LogP contribution in [-0.2, 0) is 6.42 Å². The van der Waals surface area contributed by atoms with Crippen LogP contribution in [0, 0.1) is 0 Å². The Morgan fingerprint density at radius 2 is 1.85 bits per heavy atom. The first-order valence-corrected chi connectivity index (χ1v) is 8.96. The number of fused-ring (bicyclic) bond motifs is 1. The average Bonchev–Trinajstić information content (AvgIpc) is 3.00. The summed E-state index contributed by atoms with van der Waals surface area (Å²) in [5.74, 6) is -1.02. The first kappa shape index (κ1) is 16.5. The SMILES string of the molecule is O=C(O)c1cccc(Cc2c(-c3ccccc3)[nH]c3cc(Br)ccc23)n1. The number of carboxylic acids is 1. The molecule has 2 aromatic carbocycles. The zero-order chi connectivity index (χ0) is 18.1. The maximum absolute atomic E-state index is 11.2. The van der Waals surface area contributed by atoms with Crippen LogP contribution < -0.4 is 0 Å². The first-order chi connectivity index (χ1) is 12.6. The minimum absolute atomic E-state index is 0.0614. The molecule has 5 heteroatoms. The van der Waals surface area contributed by atoms with Crippen molar-refractivity contribution in [3.05, 3.63) is 88.2 Å². The van der Waals surface area contributed by atoms with Gasteiger partial charge in [0.05, 0.1) is 5.69 Å². The molecule has 0 radical (unpaired) electrons. The third-order valence-corrected chi connectivity index (χ3v) is 4.81. The fraction of sp³-hybridized carbons (Fsp3) is 0.0476. The van der Waals surface area contributed by atoms with Gasteiger partial charge in [-0.2, -0.15) is 0 Å². The quantitative estimate of drug-likeness (QED) is 0.484. The van der Waals surface area contributed by atoms with E-state index in [0.29, 0.717) is 6.42 Å². The third kappa shape index (κ3) is 3.13. The van der Waals surface area contributed by atoms with Crippen LogP contribution in [-0.4, -0.2) is 21.0 Å². The molecule has 0 atom stereocenters. The number of H-pyrrole nitrogens is 1. The van der Waals surface area contributed by atoms with E-state index < -0.39 is 5.97 Å². The third-order valence-electron chi connectivity index (χ3n) is 4.31. The summed E-state index contributed by atoms with van der Waals surface area (Å²) in [5, 5.41) is 10.3. The van der Waals surface area contributed by atoms with Gasteiger partial charge in [0.1, 0.15) is 5.69 Å². The molecule has 128 valence electrons. The van der Waals surface area contributed by atoms with E-state index in [-0.39, 0.29) is 5.69 Å². The lowest BCUT2D eigenvalue weighted by Gasteiger charge is -2.06. The largest absolute Gasteiger partial charge is 0.477 e. The van der Waals surface area contributed by atoms with Gasteiger partial charge >= 0.3 is 5.97 Å². The lowest BCUT2D eigenvalue weighted by atomic mass is 10.0. The normalized spacial score (nSPS) is 11.0. The summed E-state index contributed by atoms with van der Waals surface area (Å²) >= 11 is 3.52. The number of pyridine rings is 1. The van der Waals surface area contributed by atoms with Gasteiger partial charge in [0, 0.05) is 27.5 Å². The smallest absolute Gasteiger partial charge is 0.354 e. The molecule has 2 heterocycles.